The van der Waals surface area contributed by atoms with Crippen molar-refractivity contribution in [2.24, 2.45) is 10.4 Å². The van der Waals surface area contributed by atoms with Gasteiger partial charge in [-0.15, -0.1) is 0 Å². The smallest absolute Gasteiger partial charge is 0.191 e. The van der Waals surface area contributed by atoms with E-state index in [0.29, 0.717) is 19.8 Å². The number of aliphatic imine (C=N–C) groups is 1. The fourth-order valence-electron chi connectivity index (χ4n) is 3.44. The zero-order chi connectivity index (χ0) is 19.7. The number of rotatable bonds is 10. The number of guanidine groups is 1. The van der Waals surface area contributed by atoms with Crippen LogP contribution in [0.15, 0.2) is 4.99 Å². The number of aryl methyl sites for hydroxylation is 1. The first kappa shape index (κ1) is 21.7. The Bertz CT molecular complexity index is 609. The maximum Gasteiger partial charge on any atom is 0.191 e. The molecule has 2 heterocycles. The van der Waals surface area contributed by atoms with Gasteiger partial charge < -0.3 is 25.2 Å². The summed E-state index contributed by atoms with van der Waals surface area (Å²) in [7, 11) is 1.70. The summed E-state index contributed by atoms with van der Waals surface area (Å²) < 4.78 is 12.7. The summed E-state index contributed by atoms with van der Waals surface area (Å²) in [5.74, 6) is 0.783. The van der Waals surface area contributed by atoms with E-state index in [1.165, 1.54) is 0 Å². The van der Waals surface area contributed by atoms with Crippen LogP contribution in [0.3, 0.4) is 0 Å². The quantitative estimate of drug-likeness (QED) is 0.413. The zero-order valence-electron chi connectivity index (χ0n) is 17.2. The van der Waals surface area contributed by atoms with Crippen LogP contribution >= 0.6 is 0 Å². The van der Waals surface area contributed by atoms with Gasteiger partial charge >= 0.3 is 0 Å². The van der Waals surface area contributed by atoms with Crippen molar-refractivity contribution in [3.05, 3.63) is 17.0 Å². The number of nitrogens with one attached hydrogen (secondary N) is 2. The molecule has 0 amide bonds. The number of hydrogen-bond donors (Lipinski definition) is 3. The minimum absolute atomic E-state index is 0.0121. The van der Waals surface area contributed by atoms with Crippen LogP contribution < -0.4 is 10.6 Å². The molecule has 1 aliphatic rings. The Morgan fingerprint density at radius 3 is 2.85 bits per heavy atom. The Kier molecular flexibility index (Phi) is 8.53. The predicted octanol–water partition coefficient (Wildman–Crippen LogP) is 0.991. The third-order valence-electron chi connectivity index (χ3n) is 5.24. The van der Waals surface area contributed by atoms with Crippen molar-refractivity contribution in [2.45, 2.75) is 46.7 Å². The molecule has 1 unspecified atom stereocenters. The third kappa shape index (κ3) is 5.92. The lowest BCUT2D eigenvalue weighted by atomic mass is 9.84. The van der Waals surface area contributed by atoms with Crippen LogP contribution in [-0.2, 0) is 22.6 Å². The van der Waals surface area contributed by atoms with Gasteiger partial charge in [0.2, 0.25) is 0 Å². The van der Waals surface area contributed by atoms with Gasteiger partial charge in [0.1, 0.15) is 0 Å². The van der Waals surface area contributed by atoms with Crippen LogP contribution in [0.2, 0.25) is 0 Å². The number of aliphatic hydroxyl groups is 1. The molecule has 0 aliphatic carbocycles. The Balaban J connectivity index is 2.03. The molecule has 1 fully saturated rings. The molecule has 0 aromatic carbocycles. The number of aromatic nitrogens is 2. The van der Waals surface area contributed by atoms with Crippen LogP contribution in [0, 0.1) is 19.3 Å². The summed E-state index contributed by atoms with van der Waals surface area (Å²) in [6, 6.07) is 0. The van der Waals surface area contributed by atoms with Crippen molar-refractivity contribution in [3.63, 3.8) is 0 Å². The van der Waals surface area contributed by atoms with Crippen LogP contribution in [0.4, 0.5) is 0 Å². The summed E-state index contributed by atoms with van der Waals surface area (Å²) in [6.07, 6.45) is 1.70. The van der Waals surface area contributed by atoms with Crippen molar-refractivity contribution in [3.8, 4) is 0 Å². The monoisotopic (exact) mass is 381 g/mol. The van der Waals surface area contributed by atoms with Gasteiger partial charge in [0, 0.05) is 50.1 Å². The SMILES string of the molecule is CCNC(=NCc1c(C)nn(CCOC)c1C)NCC1(CCO)CCOC1. The predicted molar refractivity (Wildman–Crippen MR) is 106 cm³/mol. The average molecular weight is 382 g/mol. The standard InChI is InChI=1S/C19H35N5O3/c1-5-20-18(22-13-19(6-9-25)7-10-27-14-19)21-12-17-15(2)23-24(16(17)3)8-11-26-4/h25H,5-14H2,1-4H3,(H2,20,21,22). The van der Waals surface area contributed by atoms with Crippen molar-refractivity contribution < 1.29 is 14.6 Å². The topological polar surface area (TPSA) is 92.9 Å². The van der Waals surface area contributed by atoms with E-state index in [-0.39, 0.29) is 12.0 Å². The van der Waals surface area contributed by atoms with E-state index >= 15 is 0 Å². The van der Waals surface area contributed by atoms with Crippen molar-refractivity contribution in [1.82, 2.24) is 20.4 Å². The van der Waals surface area contributed by atoms with E-state index in [9.17, 15) is 5.11 Å². The number of ether oxygens (including phenoxy) is 2. The molecular weight excluding hydrogens is 346 g/mol. The molecule has 0 spiro atoms. The van der Waals surface area contributed by atoms with E-state index in [4.69, 9.17) is 14.5 Å². The molecule has 1 saturated heterocycles. The normalized spacial score (nSPS) is 20.3. The highest BCUT2D eigenvalue weighted by molar-refractivity contribution is 5.79. The van der Waals surface area contributed by atoms with Crippen LogP contribution in [0.1, 0.15) is 36.7 Å². The van der Waals surface area contributed by atoms with Gasteiger partial charge in [0.15, 0.2) is 5.96 Å². The van der Waals surface area contributed by atoms with Crippen molar-refractivity contribution >= 4 is 5.96 Å². The lowest BCUT2D eigenvalue weighted by Crippen LogP contribution is -2.44. The molecule has 8 nitrogen and oxygen atoms in total. The first-order valence-electron chi connectivity index (χ1n) is 9.78. The minimum Gasteiger partial charge on any atom is -0.396 e. The van der Waals surface area contributed by atoms with Crippen LogP contribution in [0.5, 0.6) is 0 Å². The number of hydrogen-bond acceptors (Lipinski definition) is 5. The fourth-order valence-corrected chi connectivity index (χ4v) is 3.44. The first-order valence-corrected chi connectivity index (χ1v) is 9.78. The van der Waals surface area contributed by atoms with Gasteiger partial charge in [-0.25, -0.2) is 4.99 Å². The molecule has 8 heteroatoms. The van der Waals surface area contributed by atoms with E-state index < -0.39 is 0 Å². The van der Waals surface area contributed by atoms with Crippen molar-refractivity contribution in [1.29, 1.82) is 0 Å². The second-order valence-electron chi connectivity index (χ2n) is 7.19. The lowest BCUT2D eigenvalue weighted by Gasteiger charge is -2.27. The largest absolute Gasteiger partial charge is 0.396 e. The third-order valence-corrected chi connectivity index (χ3v) is 5.24. The molecule has 0 bridgehead atoms. The second kappa shape index (κ2) is 10.6. The van der Waals surface area contributed by atoms with Crippen LogP contribution in [-0.4, -0.2) is 67.5 Å². The molecule has 2 rings (SSSR count). The van der Waals surface area contributed by atoms with Crippen molar-refractivity contribution in [2.75, 3.05) is 46.6 Å². The molecule has 0 radical (unpaired) electrons. The molecule has 27 heavy (non-hydrogen) atoms. The summed E-state index contributed by atoms with van der Waals surface area (Å²) in [5, 5.41) is 20.7. The highest BCUT2D eigenvalue weighted by atomic mass is 16.5. The minimum atomic E-state index is -0.0121. The molecule has 1 aliphatic heterocycles. The molecule has 1 atom stereocenters. The van der Waals surface area contributed by atoms with Gasteiger partial charge in [-0.3, -0.25) is 4.68 Å². The maximum absolute atomic E-state index is 9.39. The van der Waals surface area contributed by atoms with E-state index in [1.54, 1.807) is 7.11 Å². The Morgan fingerprint density at radius 1 is 1.41 bits per heavy atom. The Morgan fingerprint density at radius 2 is 2.22 bits per heavy atom. The van der Waals surface area contributed by atoms with E-state index in [1.807, 2.05) is 11.6 Å². The van der Waals surface area contributed by atoms with E-state index in [2.05, 4.69) is 29.6 Å². The molecule has 1 aromatic rings. The number of nitrogens with zero attached hydrogens (tertiary/aromatic N) is 3. The Labute approximate surface area is 162 Å². The molecule has 3 N–H and O–H groups in total. The first-order chi connectivity index (χ1) is 13.0. The molecular formula is C19H35N5O3. The number of methoxy groups -OCH3 is 1. The highest BCUT2D eigenvalue weighted by Gasteiger charge is 2.34. The van der Waals surface area contributed by atoms with Gasteiger partial charge in [0.05, 0.1) is 32.0 Å². The summed E-state index contributed by atoms with van der Waals surface area (Å²) >= 11 is 0. The summed E-state index contributed by atoms with van der Waals surface area (Å²) in [5.41, 5.74) is 3.27. The lowest BCUT2D eigenvalue weighted by molar-refractivity contribution is 0.127. The van der Waals surface area contributed by atoms with Gasteiger partial charge in [-0.1, -0.05) is 0 Å². The fraction of sp³-hybridized carbons (Fsp3) is 0.789. The highest BCUT2D eigenvalue weighted by Crippen LogP contribution is 2.31. The van der Waals surface area contributed by atoms with Crippen LogP contribution in [0.25, 0.3) is 0 Å². The summed E-state index contributed by atoms with van der Waals surface area (Å²) in [4.78, 5) is 4.76. The zero-order valence-corrected chi connectivity index (χ0v) is 17.2. The van der Waals surface area contributed by atoms with Gasteiger partial charge in [0.25, 0.3) is 0 Å². The summed E-state index contributed by atoms with van der Waals surface area (Å²) in [6.45, 7) is 11.3. The molecule has 154 valence electrons. The second-order valence-corrected chi connectivity index (χ2v) is 7.19. The molecule has 0 saturated carbocycles. The van der Waals surface area contributed by atoms with Gasteiger partial charge in [-0.2, -0.15) is 5.10 Å². The maximum atomic E-state index is 9.39. The Hall–Kier alpha value is -1.64. The average Bonchev–Trinajstić information content (AvgIpc) is 3.21. The number of aliphatic hydroxyl groups excluding tert-OH is 1. The van der Waals surface area contributed by atoms with Gasteiger partial charge in [-0.05, 0) is 33.6 Å². The molecule has 1 aromatic heterocycles. The van der Waals surface area contributed by atoms with E-state index in [0.717, 1.165) is 62.0 Å².